The highest BCUT2D eigenvalue weighted by Gasteiger charge is 2.46. The Morgan fingerprint density at radius 1 is 1.25 bits per heavy atom. The average Bonchev–Trinajstić information content (AvgIpc) is 3.31. The van der Waals surface area contributed by atoms with Gasteiger partial charge in [0.25, 0.3) is 0 Å². The second-order valence-electron chi connectivity index (χ2n) is 9.04. The summed E-state index contributed by atoms with van der Waals surface area (Å²) in [6.45, 7) is 4.98. The number of piperidine rings is 1. The van der Waals surface area contributed by atoms with Crippen molar-refractivity contribution in [3.05, 3.63) is 51.9 Å². The molecule has 2 aromatic rings. The molecule has 32 heavy (non-hydrogen) atoms. The number of β-amino-alcohol motifs (C(OH)–C–C–N with tert-alkyl or cyclic N) is 1. The molecule has 0 aliphatic carbocycles. The van der Waals surface area contributed by atoms with Crippen LogP contribution in [0.5, 0.6) is 0 Å². The molecule has 2 saturated heterocycles. The number of nitrogens with zero attached hydrogens (tertiary/aromatic N) is 4. The Hall–Kier alpha value is -2.55. The van der Waals surface area contributed by atoms with Gasteiger partial charge in [0.1, 0.15) is 12.4 Å². The number of benzene rings is 1. The molecule has 1 unspecified atom stereocenters. The summed E-state index contributed by atoms with van der Waals surface area (Å²) in [5.74, 6) is 0.327. The second-order valence-corrected chi connectivity index (χ2v) is 9.38. The maximum atomic E-state index is 12.7. The highest BCUT2D eigenvalue weighted by molar-refractivity contribution is 6.28. The standard InChI is InChI=1S/C23H25ClN4O4/c1-14-15(2-3-16-17(14)12-32-21(16)31)18(29)11-27-8-5-23(6-9-27)10-20(30)28(13-23)19-4-7-25-22(24)26-19/h2-4,7,18,29H,5-6,8-13H2,1H3. The van der Waals surface area contributed by atoms with Gasteiger partial charge in [-0.15, -0.1) is 0 Å². The summed E-state index contributed by atoms with van der Waals surface area (Å²) in [5.41, 5.74) is 3.16. The van der Waals surface area contributed by atoms with Crippen LogP contribution in [0.2, 0.25) is 5.28 Å². The van der Waals surface area contributed by atoms with E-state index in [4.69, 9.17) is 16.3 Å². The Bertz CT molecular complexity index is 1080. The third-order valence-electron chi connectivity index (χ3n) is 7.12. The van der Waals surface area contributed by atoms with E-state index in [1.165, 1.54) is 0 Å². The van der Waals surface area contributed by atoms with Crippen LogP contribution in [0.4, 0.5) is 5.82 Å². The highest BCUT2D eigenvalue weighted by Crippen LogP contribution is 2.42. The summed E-state index contributed by atoms with van der Waals surface area (Å²) >= 11 is 5.90. The molecule has 5 rings (SSSR count). The van der Waals surface area contributed by atoms with Crippen molar-refractivity contribution in [2.24, 2.45) is 5.41 Å². The lowest BCUT2D eigenvalue weighted by Gasteiger charge is -2.39. The minimum Gasteiger partial charge on any atom is -0.457 e. The second kappa shape index (κ2) is 8.10. The van der Waals surface area contributed by atoms with Crippen LogP contribution in [0.3, 0.4) is 0 Å². The van der Waals surface area contributed by atoms with Gasteiger partial charge in [0, 0.05) is 31.3 Å². The maximum Gasteiger partial charge on any atom is 0.338 e. The SMILES string of the molecule is Cc1c(C(O)CN2CCC3(CC2)CC(=O)N(c2ccnc(Cl)n2)C3)ccc2c1COC2=O. The molecule has 3 aliphatic heterocycles. The van der Waals surface area contributed by atoms with E-state index in [1.807, 2.05) is 13.0 Å². The number of aliphatic hydroxyl groups is 1. The predicted molar refractivity (Wildman–Crippen MR) is 117 cm³/mol. The number of aliphatic hydroxyl groups excluding tert-OH is 1. The molecule has 168 valence electrons. The van der Waals surface area contributed by atoms with E-state index in [9.17, 15) is 14.7 Å². The predicted octanol–water partition coefficient (Wildman–Crippen LogP) is 2.66. The third kappa shape index (κ3) is 3.76. The van der Waals surface area contributed by atoms with Gasteiger partial charge >= 0.3 is 5.97 Å². The minimum atomic E-state index is -0.644. The molecule has 1 spiro atoms. The van der Waals surface area contributed by atoms with Crippen LogP contribution in [0.15, 0.2) is 24.4 Å². The van der Waals surface area contributed by atoms with Gasteiger partial charge in [-0.25, -0.2) is 14.8 Å². The van der Waals surface area contributed by atoms with Crippen molar-refractivity contribution in [3.63, 3.8) is 0 Å². The first-order valence-electron chi connectivity index (χ1n) is 10.8. The molecular weight excluding hydrogens is 432 g/mol. The molecule has 8 nitrogen and oxygen atoms in total. The van der Waals surface area contributed by atoms with Gasteiger partial charge in [-0.1, -0.05) is 6.07 Å². The number of rotatable bonds is 4. The van der Waals surface area contributed by atoms with Crippen molar-refractivity contribution >= 4 is 29.3 Å². The third-order valence-corrected chi connectivity index (χ3v) is 7.31. The molecule has 1 atom stereocenters. The largest absolute Gasteiger partial charge is 0.457 e. The van der Waals surface area contributed by atoms with Gasteiger partial charge in [0.05, 0.1) is 11.7 Å². The number of hydrogen-bond donors (Lipinski definition) is 1. The number of esters is 1. The lowest BCUT2D eigenvalue weighted by Crippen LogP contribution is -2.43. The fourth-order valence-electron chi connectivity index (χ4n) is 5.20. The topological polar surface area (TPSA) is 95.9 Å². The lowest BCUT2D eigenvalue weighted by atomic mass is 9.77. The first kappa shape index (κ1) is 21.3. The molecular formula is C23H25ClN4O4. The Morgan fingerprint density at radius 2 is 2.03 bits per heavy atom. The smallest absolute Gasteiger partial charge is 0.338 e. The molecule has 1 N–H and O–H groups in total. The van der Waals surface area contributed by atoms with Crippen LogP contribution in [0, 0.1) is 12.3 Å². The summed E-state index contributed by atoms with van der Waals surface area (Å²) in [7, 11) is 0. The molecule has 1 aromatic heterocycles. The Morgan fingerprint density at radius 3 is 2.78 bits per heavy atom. The van der Waals surface area contributed by atoms with Gasteiger partial charge in [-0.2, -0.15) is 0 Å². The van der Waals surface area contributed by atoms with Crippen LogP contribution >= 0.6 is 11.6 Å². The fraction of sp³-hybridized carbons (Fsp3) is 0.478. The monoisotopic (exact) mass is 456 g/mol. The van der Waals surface area contributed by atoms with Crippen molar-refractivity contribution in [1.82, 2.24) is 14.9 Å². The van der Waals surface area contributed by atoms with Crippen LogP contribution in [0.25, 0.3) is 0 Å². The number of anilines is 1. The average molecular weight is 457 g/mol. The highest BCUT2D eigenvalue weighted by atomic mass is 35.5. The zero-order valence-corrected chi connectivity index (χ0v) is 18.6. The fourth-order valence-corrected chi connectivity index (χ4v) is 5.34. The molecule has 1 aromatic carbocycles. The first-order chi connectivity index (χ1) is 15.3. The van der Waals surface area contributed by atoms with Crippen LogP contribution in [-0.2, 0) is 16.1 Å². The van der Waals surface area contributed by atoms with Crippen LogP contribution in [0.1, 0.15) is 52.4 Å². The van der Waals surface area contributed by atoms with Gasteiger partial charge in [0.2, 0.25) is 11.2 Å². The lowest BCUT2D eigenvalue weighted by molar-refractivity contribution is -0.118. The first-order valence-corrected chi connectivity index (χ1v) is 11.2. The summed E-state index contributed by atoms with van der Waals surface area (Å²) in [4.78, 5) is 36.5. The number of halogens is 1. The van der Waals surface area contributed by atoms with E-state index >= 15 is 0 Å². The normalized spacial score (nSPS) is 21.2. The summed E-state index contributed by atoms with van der Waals surface area (Å²) in [6, 6.07) is 5.29. The summed E-state index contributed by atoms with van der Waals surface area (Å²) in [5, 5.41) is 11.0. The zero-order valence-electron chi connectivity index (χ0n) is 17.9. The Labute approximate surface area is 191 Å². The number of ether oxygens (including phenoxy) is 1. The number of hydrogen-bond acceptors (Lipinski definition) is 7. The van der Waals surface area contributed by atoms with E-state index in [2.05, 4.69) is 14.9 Å². The Balaban J connectivity index is 1.22. The summed E-state index contributed by atoms with van der Waals surface area (Å²) < 4.78 is 5.12. The number of carbonyl (C=O) groups excluding carboxylic acids is 2. The number of cyclic esters (lactones) is 1. The number of fused-ring (bicyclic) bond motifs is 1. The van der Waals surface area contributed by atoms with E-state index in [0.29, 0.717) is 30.9 Å². The maximum absolute atomic E-state index is 12.7. The molecule has 4 heterocycles. The van der Waals surface area contributed by atoms with E-state index in [1.54, 1.807) is 23.2 Å². The van der Waals surface area contributed by atoms with Gasteiger partial charge < -0.3 is 14.7 Å². The van der Waals surface area contributed by atoms with Crippen molar-refractivity contribution < 1.29 is 19.4 Å². The molecule has 0 radical (unpaired) electrons. The zero-order chi connectivity index (χ0) is 22.5. The Kier molecular flexibility index (Phi) is 5.39. The van der Waals surface area contributed by atoms with Gasteiger partial charge in [0.15, 0.2) is 0 Å². The summed E-state index contributed by atoms with van der Waals surface area (Å²) in [6.07, 6.45) is 3.19. The number of carbonyl (C=O) groups is 2. The van der Waals surface area contributed by atoms with E-state index in [-0.39, 0.29) is 29.2 Å². The van der Waals surface area contributed by atoms with Gasteiger partial charge in [-0.05, 0) is 73.1 Å². The van der Waals surface area contributed by atoms with Crippen molar-refractivity contribution in [2.75, 3.05) is 31.1 Å². The number of likely N-dealkylation sites (tertiary alicyclic amines) is 1. The number of amides is 1. The molecule has 9 heteroatoms. The van der Waals surface area contributed by atoms with E-state index < -0.39 is 6.10 Å². The molecule has 0 bridgehead atoms. The molecule has 0 saturated carbocycles. The van der Waals surface area contributed by atoms with E-state index in [0.717, 1.165) is 42.6 Å². The molecule has 1 amide bonds. The minimum absolute atomic E-state index is 0.0683. The van der Waals surface area contributed by atoms with Crippen LogP contribution < -0.4 is 4.90 Å². The van der Waals surface area contributed by atoms with Crippen molar-refractivity contribution in [3.8, 4) is 0 Å². The van der Waals surface area contributed by atoms with Gasteiger partial charge in [-0.3, -0.25) is 9.69 Å². The molecule has 2 fully saturated rings. The number of aromatic nitrogens is 2. The van der Waals surface area contributed by atoms with Crippen molar-refractivity contribution in [2.45, 2.75) is 38.9 Å². The quantitative estimate of drug-likeness (QED) is 0.558. The molecule has 3 aliphatic rings. The van der Waals surface area contributed by atoms with Crippen molar-refractivity contribution in [1.29, 1.82) is 0 Å². The van der Waals surface area contributed by atoms with Crippen LogP contribution in [-0.4, -0.2) is 58.0 Å².